The average Bonchev–Trinajstić information content (AvgIpc) is 2.00. The highest BCUT2D eigenvalue weighted by molar-refractivity contribution is 6.43. The Labute approximate surface area is 80.7 Å². The number of phenols is 1. The maximum absolute atomic E-state index is 9.12. The van der Waals surface area contributed by atoms with E-state index < -0.39 is 0 Å². The fraction of sp³-hybridized carbons (Fsp3) is 0.250. The summed E-state index contributed by atoms with van der Waals surface area (Å²) in [5, 5.41) is 9.74. The third-order valence-corrected chi connectivity index (χ3v) is 2.06. The van der Waals surface area contributed by atoms with Crippen LogP contribution in [-0.4, -0.2) is 11.7 Å². The molecule has 1 N–H and O–H groups in total. The molecule has 0 atom stereocenters. The van der Waals surface area contributed by atoms with E-state index in [1.54, 1.807) is 0 Å². The highest BCUT2D eigenvalue weighted by Crippen LogP contribution is 2.35. The molecule has 66 valence electrons. The van der Waals surface area contributed by atoms with Crippen LogP contribution in [0.1, 0.15) is 6.92 Å². The fourth-order valence-corrected chi connectivity index (χ4v) is 1.18. The summed E-state index contributed by atoms with van der Waals surface area (Å²) < 4.78 is 5.12. The molecule has 1 rings (SSSR count). The van der Waals surface area contributed by atoms with Gasteiger partial charge in [0.1, 0.15) is 16.5 Å². The first-order valence-electron chi connectivity index (χ1n) is 3.46. The Morgan fingerprint density at radius 2 is 2.08 bits per heavy atom. The van der Waals surface area contributed by atoms with Crippen LogP contribution >= 0.6 is 23.2 Å². The average molecular weight is 207 g/mol. The summed E-state index contributed by atoms with van der Waals surface area (Å²) in [5.41, 5.74) is 0. The van der Waals surface area contributed by atoms with Crippen molar-refractivity contribution in [3.63, 3.8) is 0 Å². The van der Waals surface area contributed by atoms with E-state index in [1.807, 2.05) is 6.92 Å². The van der Waals surface area contributed by atoms with Crippen molar-refractivity contribution in [2.75, 3.05) is 6.61 Å². The van der Waals surface area contributed by atoms with Crippen molar-refractivity contribution in [2.24, 2.45) is 0 Å². The predicted molar refractivity (Wildman–Crippen MR) is 49.3 cm³/mol. The Morgan fingerprint density at radius 3 is 2.67 bits per heavy atom. The van der Waals surface area contributed by atoms with Gasteiger partial charge in [0.2, 0.25) is 0 Å². The summed E-state index contributed by atoms with van der Waals surface area (Å²) in [6, 6.07) is 2.80. The van der Waals surface area contributed by atoms with Crippen molar-refractivity contribution in [2.45, 2.75) is 6.92 Å². The van der Waals surface area contributed by atoms with E-state index in [9.17, 15) is 0 Å². The van der Waals surface area contributed by atoms with Gasteiger partial charge in [-0.25, -0.2) is 0 Å². The first-order chi connectivity index (χ1) is 5.65. The van der Waals surface area contributed by atoms with Crippen molar-refractivity contribution in [1.29, 1.82) is 0 Å². The molecule has 0 aromatic heterocycles. The van der Waals surface area contributed by atoms with Crippen molar-refractivity contribution < 1.29 is 9.84 Å². The summed E-state index contributed by atoms with van der Waals surface area (Å²) in [6.07, 6.45) is 0. The van der Waals surface area contributed by atoms with Gasteiger partial charge in [-0.3, -0.25) is 0 Å². The molecule has 1 aromatic carbocycles. The number of benzene rings is 1. The number of hydrogen-bond acceptors (Lipinski definition) is 2. The van der Waals surface area contributed by atoms with E-state index in [-0.39, 0.29) is 5.75 Å². The minimum absolute atomic E-state index is 0.0489. The molecule has 0 aliphatic rings. The predicted octanol–water partition coefficient (Wildman–Crippen LogP) is 3.10. The lowest BCUT2D eigenvalue weighted by Crippen LogP contribution is -1.92. The van der Waals surface area contributed by atoms with E-state index in [1.165, 1.54) is 12.1 Å². The van der Waals surface area contributed by atoms with Gasteiger partial charge in [0.25, 0.3) is 0 Å². The second-order valence-corrected chi connectivity index (χ2v) is 2.96. The molecule has 1 aromatic rings. The Kier molecular flexibility index (Phi) is 3.06. The van der Waals surface area contributed by atoms with Crippen molar-refractivity contribution in [1.82, 2.24) is 0 Å². The van der Waals surface area contributed by atoms with Gasteiger partial charge in [0.05, 0.1) is 11.6 Å². The van der Waals surface area contributed by atoms with E-state index in [0.29, 0.717) is 22.4 Å². The molecule has 0 saturated heterocycles. The number of rotatable bonds is 2. The van der Waals surface area contributed by atoms with E-state index in [2.05, 4.69) is 0 Å². The topological polar surface area (TPSA) is 29.5 Å². The molecule has 4 heteroatoms. The lowest BCUT2D eigenvalue weighted by Gasteiger charge is -2.06. The van der Waals surface area contributed by atoms with Crippen LogP contribution in [0.4, 0.5) is 0 Å². The summed E-state index contributed by atoms with van der Waals surface area (Å²) in [6.45, 7) is 2.31. The summed E-state index contributed by atoms with van der Waals surface area (Å²) in [4.78, 5) is 0. The van der Waals surface area contributed by atoms with Crippen LogP contribution in [0.2, 0.25) is 10.0 Å². The van der Waals surface area contributed by atoms with Crippen LogP contribution in [0.25, 0.3) is 0 Å². The minimum Gasteiger partial charge on any atom is -0.508 e. The first kappa shape index (κ1) is 9.49. The fourth-order valence-electron chi connectivity index (χ4n) is 0.811. The zero-order valence-corrected chi connectivity index (χ0v) is 7.99. The number of ether oxygens (including phenoxy) is 1. The van der Waals surface area contributed by atoms with Gasteiger partial charge in [-0.1, -0.05) is 23.2 Å². The summed E-state index contributed by atoms with van der Waals surface area (Å²) in [7, 11) is 0. The molecule has 0 radical (unpaired) electrons. The Morgan fingerprint density at radius 1 is 1.42 bits per heavy atom. The molecule has 0 fully saturated rings. The third kappa shape index (κ3) is 1.96. The molecule has 0 bridgehead atoms. The van der Waals surface area contributed by atoms with Gasteiger partial charge in [-0.05, 0) is 6.92 Å². The monoisotopic (exact) mass is 206 g/mol. The lowest BCUT2D eigenvalue weighted by molar-refractivity contribution is 0.338. The standard InChI is InChI=1S/C8H8Cl2O2/c1-2-12-7-4-5(11)3-6(9)8(7)10/h3-4,11H,2H2,1H3. The molecule has 0 saturated carbocycles. The van der Waals surface area contributed by atoms with Crippen molar-refractivity contribution in [3.05, 3.63) is 22.2 Å². The van der Waals surface area contributed by atoms with E-state index in [0.717, 1.165) is 0 Å². The largest absolute Gasteiger partial charge is 0.508 e. The molecular formula is C8H8Cl2O2. The molecular weight excluding hydrogens is 199 g/mol. The van der Waals surface area contributed by atoms with Crippen LogP contribution in [0.15, 0.2) is 12.1 Å². The highest BCUT2D eigenvalue weighted by atomic mass is 35.5. The molecule has 0 aliphatic heterocycles. The van der Waals surface area contributed by atoms with Crippen LogP contribution in [-0.2, 0) is 0 Å². The molecule has 0 spiro atoms. The summed E-state index contributed by atoms with van der Waals surface area (Å²) in [5.74, 6) is 0.456. The third-order valence-electron chi connectivity index (χ3n) is 1.28. The van der Waals surface area contributed by atoms with Crippen molar-refractivity contribution >= 4 is 23.2 Å². The van der Waals surface area contributed by atoms with Gasteiger partial charge < -0.3 is 9.84 Å². The smallest absolute Gasteiger partial charge is 0.143 e. The van der Waals surface area contributed by atoms with E-state index in [4.69, 9.17) is 33.0 Å². The lowest BCUT2D eigenvalue weighted by atomic mass is 10.3. The molecule has 0 amide bonds. The second kappa shape index (κ2) is 3.87. The molecule has 2 nitrogen and oxygen atoms in total. The van der Waals surface area contributed by atoms with Gasteiger partial charge in [-0.15, -0.1) is 0 Å². The van der Waals surface area contributed by atoms with Gasteiger partial charge in [0, 0.05) is 12.1 Å². The van der Waals surface area contributed by atoms with Crippen LogP contribution < -0.4 is 4.74 Å². The normalized spacial score (nSPS) is 9.92. The Balaban J connectivity index is 3.09. The van der Waals surface area contributed by atoms with Gasteiger partial charge in [-0.2, -0.15) is 0 Å². The van der Waals surface area contributed by atoms with Crippen LogP contribution in [0.3, 0.4) is 0 Å². The maximum Gasteiger partial charge on any atom is 0.143 e. The molecule has 0 aliphatic carbocycles. The quantitative estimate of drug-likeness (QED) is 0.807. The van der Waals surface area contributed by atoms with Crippen LogP contribution in [0.5, 0.6) is 11.5 Å². The highest BCUT2D eigenvalue weighted by Gasteiger charge is 2.07. The summed E-state index contributed by atoms with van der Waals surface area (Å²) >= 11 is 11.5. The molecule has 12 heavy (non-hydrogen) atoms. The zero-order chi connectivity index (χ0) is 9.14. The van der Waals surface area contributed by atoms with Gasteiger partial charge in [0.15, 0.2) is 0 Å². The minimum atomic E-state index is 0.0489. The second-order valence-electron chi connectivity index (χ2n) is 2.17. The van der Waals surface area contributed by atoms with Gasteiger partial charge >= 0.3 is 0 Å². The molecule has 0 unspecified atom stereocenters. The number of phenolic OH excluding ortho intramolecular Hbond substituents is 1. The Bertz CT molecular complexity index is 287. The molecule has 0 heterocycles. The number of aromatic hydroxyl groups is 1. The number of hydrogen-bond donors (Lipinski definition) is 1. The van der Waals surface area contributed by atoms with E-state index >= 15 is 0 Å². The zero-order valence-electron chi connectivity index (χ0n) is 6.47. The maximum atomic E-state index is 9.12. The first-order valence-corrected chi connectivity index (χ1v) is 4.21. The SMILES string of the molecule is CCOc1cc(O)cc(Cl)c1Cl. The Hall–Kier alpha value is -0.600. The van der Waals surface area contributed by atoms with Crippen molar-refractivity contribution in [3.8, 4) is 11.5 Å². The number of halogens is 2. The van der Waals surface area contributed by atoms with Crippen LogP contribution in [0, 0.1) is 0 Å².